The standard InChI is InChI=1S/C27H35N3O6/c1-35-27(34)18-6-5-17(12-18)14-29-11-3-2-4-20(29)16-36-21-7-8-22-19(13-21)15-30(26(22)33)23-9-10-24(31)28-25(23)32/h7-8,13,17-18,20,23H,2-6,9-12,14-16H2,1H3,(H,28,31,32)/t17-,18?,20-,23?/m0/s1. The van der Waals surface area contributed by atoms with Gasteiger partial charge in [-0.2, -0.15) is 0 Å². The summed E-state index contributed by atoms with van der Waals surface area (Å²) in [5.41, 5.74) is 1.44. The molecule has 3 amide bonds. The fourth-order valence-corrected chi connectivity index (χ4v) is 6.28. The molecular formula is C27H35N3O6. The van der Waals surface area contributed by atoms with Gasteiger partial charge in [-0.1, -0.05) is 6.42 Å². The zero-order valence-corrected chi connectivity index (χ0v) is 20.9. The first kappa shape index (κ1) is 24.7. The molecule has 1 aliphatic carbocycles. The van der Waals surface area contributed by atoms with Gasteiger partial charge in [-0.05, 0) is 74.8 Å². The number of nitrogens with zero attached hydrogens (tertiary/aromatic N) is 2. The van der Waals surface area contributed by atoms with E-state index in [0.717, 1.165) is 50.1 Å². The molecule has 5 rings (SSSR count). The van der Waals surface area contributed by atoms with Crippen molar-refractivity contribution >= 4 is 23.7 Å². The summed E-state index contributed by atoms with van der Waals surface area (Å²) < 4.78 is 11.2. The molecule has 4 atom stereocenters. The van der Waals surface area contributed by atoms with Crippen LogP contribution in [0.15, 0.2) is 18.2 Å². The van der Waals surface area contributed by atoms with Crippen LogP contribution >= 0.6 is 0 Å². The predicted molar refractivity (Wildman–Crippen MR) is 130 cm³/mol. The Balaban J connectivity index is 1.18. The number of methoxy groups -OCH3 is 1. The van der Waals surface area contributed by atoms with E-state index in [4.69, 9.17) is 9.47 Å². The summed E-state index contributed by atoms with van der Waals surface area (Å²) in [5, 5.41) is 2.34. The zero-order valence-electron chi connectivity index (χ0n) is 20.9. The van der Waals surface area contributed by atoms with Crippen LogP contribution < -0.4 is 10.1 Å². The third kappa shape index (κ3) is 5.12. The lowest BCUT2D eigenvalue weighted by molar-refractivity contribution is -0.145. The summed E-state index contributed by atoms with van der Waals surface area (Å²) in [6.07, 6.45) is 6.92. The van der Waals surface area contributed by atoms with Crippen molar-refractivity contribution in [1.29, 1.82) is 0 Å². The predicted octanol–water partition coefficient (Wildman–Crippen LogP) is 2.27. The lowest BCUT2D eigenvalue weighted by Crippen LogP contribution is -2.52. The Bertz CT molecular complexity index is 1040. The van der Waals surface area contributed by atoms with Crippen LogP contribution in [0.1, 0.15) is 67.3 Å². The Morgan fingerprint density at radius 2 is 1.97 bits per heavy atom. The highest BCUT2D eigenvalue weighted by atomic mass is 16.5. The Labute approximate surface area is 211 Å². The Morgan fingerprint density at radius 1 is 1.11 bits per heavy atom. The lowest BCUT2D eigenvalue weighted by Gasteiger charge is -2.37. The second-order valence-electron chi connectivity index (χ2n) is 10.6. The number of likely N-dealkylation sites (tertiary alicyclic amines) is 1. The molecule has 3 aliphatic heterocycles. The van der Waals surface area contributed by atoms with Gasteiger partial charge >= 0.3 is 5.97 Å². The van der Waals surface area contributed by atoms with Crippen molar-refractivity contribution in [2.24, 2.45) is 11.8 Å². The molecule has 3 heterocycles. The van der Waals surface area contributed by atoms with E-state index >= 15 is 0 Å². The van der Waals surface area contributed by atoms with Gasteiger partial charge in [0.05, 0.1) is 13.0 Å². The van der Waals surface area contributed by atoms with Crippen LogP contribution in [0.4, 0.5) is 0 Å². The fraction of sp³-hybridized carbons (Fsp3) is 0.630. The summed E-state index contributed by atoms with van der Waals surface area (Å²) in [5.74, 6) is 0.329. The number of hydrogen-bond donors (Lipinski definition) is 1. The minimum absolute atomic E-state index is 0.0355. The number of benzene rings is 1. The van der Waals surface area contributed by atoms with Crippen LogP contribution in [0, 0.1) is 11.8 Å². The highest BCUT2D eigenvalue weighted by Crippen LogP contribution is 2.34. The van der Waals surface area contributed by atoms with E-state index < -0.39 is 11.9 Å². The van der Waals surface area contributed by atoms with Crippen LogP contribution in [-0.4, -0.2) is 72.4 Å². The average molecular weight is 498 g/mol. The van der Waals surface area contributed by atoms with E-state index in [0.29, 0.717) is 37.1 Å². The Kier molecular flexibility index (Phi) is 7.27. The third-order valence-electron chi connectivity index (χ3n) is 8.25. The maximum atomic E-state index is 12.9. The first-order valence-corrected chi connectivity index (χ1v) is 13.1. The smallest absolute Gasteiger partial charge is 0.308 e. The number of amides is 3. The molecule has 1 aromatic rings. The molecule has 2 saturated heterocycles. The summed E-state index contributed by atoms with van der Waals surface area (Å²) in [4.78, 5) is 52.7. The molecule has 0 aromatic heterocycles. The number of esters is 1. The van der Waals surface area contributed by atoms with Crippen molar-refractivity contribution in [3.8, 4) is 5.75 Å². The number of imide groups is 1. The van der Waals surface area contributed by atoms with E-state index in [-0.39, 0.29) is 30.1 Å². The van der Waals surface area contributed by atoms with Gasteiger partial charge in [-0.25, -0.2) is 0 Å². The number of carbonyl (C=O) groups excluding carboxylic acids is 4. The summed E-state index contributed by atoms with van der Waals surface area (Å²) in [6.45, 7) is 2.96. The molecule has 9 nitrogen and oxygen atoms in total. The van der Waals surface area contributed by atoms with Crippen LogP contribution in [-0.2, 0) is 25.7 Å². The first-order chi connectivity index (χ1) is 17.4. The van der Waals surface area contributed by atoms with E-state index in [9.17, 15) is 19.2 Å². The van der Waals surface area contributed by atoms with E-state index in [1.165, 1.54) is 20.0 Å². The van der Waals surface area contributed by atoms with Gasteiger partial charge < -0.3 is 14.4 Å². The van der Waals surface area contributed by atoms with Gasteiger partial charge in [0.2, 0.25) is 11.8 Å². The van der Waals surface area contributed by atoms with Crippen LogP contribution in [0.3, 0.4) is 0 Å². The fourth-order valence-electron chi connectivity index (χ4n) is 6.28. The van der Waals surface area contributed by atoms with Gasteiger partial charge in [-0.15, -0.1) is 0 Å². The minimum Gasteiger partial charge on any atom is -0.492 e. The molecule has 0 spiro atoms. The van der Waals surface area contributed by atoms with Crippen LogP contribution in [0.2, 0.25) is 0 Å². The third-order valence-corrected chi connectivity index (χ3v) is 8.25. The van der Waals surface area contributed by atoms with Gasteiger partial charge in [0.15, 0.2) is 0 Å². The molecule has 4 aliphatic rings. The molecule has 0 bridgehead atoms. The lowest BCUT2D eigenvalue weighted by atomic mass is 9.98. The number of piperidine rings is 2. The van der Waals surface area contributed by atoms with E-state index in [2.05, 4.69) is 10.2 Å². The van der Waals surface area contributed by atoms with Crippen molar-refractivity contribution in [3.63, 3.8) is 0 Å². The van der Waals surface area contributed by atoms with Crippen molar-refractivity contribution in [2.75, 3.05) is 26.8 Å². The van der Waals surface area contributed by atoms with Crippen molar-refractivity contribution in [3.05, 3.63) is 29.3 Å². The topological polar surface area (TPSA) is 105 Å². The molecule has 9 heteroatoms. The molecule has 36 heavy (non-hydrogen) atoms. The molecule has 1 aromatic carbocycles. The second-order valence-corrected chi connectivity index (χ2v) is 10.6. The second kappa shape index (κ2) is 10.6. The number of carbonyl (C=O) groups is 4. The minimum atomic E-state index is -0.614. The maximum Gasteiger partial charge on any atom is 0.308 e. The van der Waals surface area contributed by atoms with E-state index in [1.54, 1.807) is 11.0 Å². The highest BCUT2D eigenvalue weighted by Gasteiger charge is 2.39. The maximum absolute atomic E-state index is 12.9. The number of rotatable bonds is 7. The molecule has 1 saturated carbocycles. The van der Waals surface area contributed by atoms with Crippen molar-refractivity contribution < 1.29 is 28.7 Å². The van der Waals surface area contributed by atoms with Crippen LogP contribution in [0.5, 0.6) is 5.75 Å². The number of ether oxygens (including phenoxy) is 2. The Hall–Kier alpha value is -2.94. The number of fused-ring (bicyclic) bond motifs is 1. The molecule has 1 N–H and O–H groups in total. The molecule has 0 radical (unpaired) electrons. The molecule has 2 unspecified atom stereocenters. The highest BCUT2D eigenvalue weighted by molar-refractivity contribution is 6.05. The summed E-state index contributed by atoms with van der Waals surface area (Å²) in [6, 6.07) is 5.23. The first-order valence-electron chi connectivity index (χ1n) is 13.1. The molecule has 194 valence electrons. The van der Waals surface area contributed by atoms with Gasteiger partial charge in [-0.3, -0.25) is 29.4 Å². The van der Waals surface area contributed by atoms with Gasteiger partial charge in [0.25, 0.3) is 5.91 Å². The number of nitrogens with one attached hydrogen (secondary N) is 1. The Morgan fingerprint density at radius 3 is 2.78 bits per heavy atom. The van der Waals surface area contributed by atoms with Crippen LogP contribution in [0.25, 0.3) is 0 Å². The van der Waals surface area contributed by atoms with Gasteiger partial charge in [0, 0.05) is 31.1 Å². The quantitative estimate of drug-likeness (QED) is 0.455. The largest absolute Gasteiger partial charge is 0.492 e. The average Bonchev–Trinajstić information content (AvgIpc) is 3.47. The zero-order chi connectivity index (χ0) is 25.2. The molecular weight excluding hydrogens is 462 g/mol. The van der Waals surface area contributed by atoms with Gasteiger partial charge in [0.1, 0.15) is 18.4 Å². The summed E-state index contributed by atoms with van der Waals surface area (Å²) >= 11 is 0. The monoisotopic (exact) mass is 497 g/mol. The SMILES string of the molecule is COC(=O)C1CC[C@H](CN2CCCC[C@H]2COc2ccc3c(c2)CN(C2CCC(=O)NC2=O)C3=O)C1. The van der Waals surface area contributed by atoms with Crippen molar-refractivity contribution in [2.45, 2.75) is 70.0 Å². The van der Waals surface area contributed by atoms with E-state index in [1.807, 2.05) is 12.1 Å². The number of hydrogen-bond acceptors (Lipinski definition) is 7. The van der Waals surface area contributed by atoms with Crippen molar-refractivity contribution in [1.82, 2.24) is 15.1 Å². The molecule has 3 fully saturated rings. The summed E-state index contributed by atoms with van der Waals surface area (Å²) in [7, 11) is 1.47. The normalized spacial score (nSPS) is 28.7.